The summed E-state index contributed by atoms with van der Waals surface area (Å²) >= 11 is 0. The van der Waals surface area contributed by atoms with E-state index in [2.05, 4.69) is 20.9 Å². The molecule has 1 aliphatic heterocycles. The number of nitrogens with one attached hydrogen (secondary N) is 2. The molecule has 0 bridgehead atoms. The summed E-state index contributed by atoms with van der Waals surface area (Å²) in [7, 11) is 1.57. The molecule has 0 spiro atoms. The molecular weight excluding hydrogens is 785 g/mol. The van der Waals surface area contributed by atoms with Gasteiger partial charge in [-0.05, 0) is 88.3 Å². The molecule has 0 radical (unpaired) electrons. The number of methoxy groups -OCH3 is 1. The summed E-state index contributed by atoms with van der Waals surface area (Å²) in [6.07, 6.45) is 0.131. The van der Waals surface area contributed by atoms with Crippen LogP contribution in [0.1, 0.15) is 45.9 Å². The van der Waals surface area contributed by atoms with Crippen molar-refractivity contribution in [2.75, 3.05) is 26.9 Å². The molecule has 0 aliphatic carbocycles. The van der Waals surface area contributed by atoms with Crippen LogP contribution < -0.4 is 29.8 Å². The van der Waals surface area contributed by atoms with E-state index in [4.69, 9.17) is 28.7 Å². The highest BCUT2D eigenvalue weighted by atomic mass is 16.5. The van der Waals surface area contributed by atoms with Crippen molar-refractivity contribution in [1.29, 1.82) is 0 Å². The van der Waals surface area contributed by atoms with Gasteiger partial charge < -0.3 is 28.8 Å². The Balaban J connectivity index is 1.15. The fourth-order valence-electron chi connectivity index (χ4n) is 7.05. The number of hydrazine groups is 1. The predicted octanol–water partition coefficient (Wildman–Crippen LogP) is 8.92. The van der Waals surface area contributed by atoms with Crippen LogP contribution in [0.5, 0.6) is 23.0 Å². The van der Waals surface area contributed by atoms with Crippen molar-refractivity contribution in [1.82, 2.24) is 10.9 Å². The molecule has 7 rings (SSSR count). The van der Waals surface area contributed by atoms with Crippen molar-refractivity contribution in [3.63, 3.8) is 0 Å². The maximum atomic E-state index is 14.9. The van der Waals surface area contributed by atoms with Crippen LogP contribution in [0.3, 0.4) is 0 Å². The predicted molar refractivity (Wildman–Crippen MR) is 237 cm³/mol. The Kier molecular flexibility index (Phi) is 14.7. The van der Waals surface area contributed by atoms with E-state index < -0.39 is 17.6 Å². The number of carbonyl (C=O) groups excluding carboxylic acids is 1. The molecule has 0 saturated heterocycles. The van der Waals surface area contributed by atoms with Crippen LogP contribution in [-0.2, 0) is 35.6 Å². The normalized spacial score (nSPS) is 15.4. The van der Waals surface area contributed by atoms with Gasteiger partial charge >= 0.3 is 0 Å². The molecule has 0 aromatic heterocycles. The third-order valence-electron chi connectivity index (χ3n) is 10.3. The van der Waals surface area contributed by atoms with Gasteiger partial charge in [0.25, 0.3) is 5.91 Å². The Morgan fingerprint density at radius 3 is 2.21 bits per heavy atom. The number of hydrogen-bond donors (Lipinski definition) is 3. The third-order valence-corrected chi connectivity index (χ3v) is 10.3. The summed E-state index contributed by atoms with van der Waals surface area (Å²) in [5.74, 6) is 2.21. The summed E-state index contributed by atoms with van der Waals surface area (Å²) in [5, 5.41) is 13.1. The first-order valence-electron chi connectivity index (χ1n) is 20.3. The Morgan fingerprint density at radius 2 is 1.50 bits per heavy atom. The van der Waals surface area contributed by atoms with Crippen molar-refractivity contribution >= 4 is 17.5 Å². The van der Waals surface area contributed by atoms with Gasteiger partial charge in [-0.2, -0.15) is 0 Å². The Morgan fingerprint density at radius 1 is 0.790 bits per heavy atom. The Hall–Kier alpha value is -7.31. The molecule has 2 atom stereocenters. The van der Waals surface area contributed by atoms with E-state index in [-0.39, 0.29) is 18.9 Å². The number of azide groups is 1. The van der Waals surface area contributed by atoms with E-state index in [9.17, 15) is 15.4 Å². The molecule has 1 amide bonds. The second-order valence-electron chi connectivity index (χ2n) is 14.5. The van der Waals surface area contributed by atoms with Gasteiger partial charge in [0.1, 0.15) is 24.7 Å². The second-order valence-corrected chi connectivity index (χ2v) is 14.5. The second kappa shape index (κ2) is 21.3. The van der Waals surface area contributed by atoms with E-state index in [1.807, 2.05) is 127 Å². The summed E-state index contributed by atoms with van der Waals surface area (Å²) in [6.45, 7) is 1.51. The van der Waals surface area contributed by atoms with Gasteiger partial charge in [-0.25, -0.2) is 10.4 Å². The lowest BCUT2D eigenvalue weighted by Gasteiger charge is -2.31. The van der Waals surface area contributed by atoms with Gasteiger partial charge in [0, 0.05) is 42.2 Å². The van der Waals surface area contributed by atoms with Crippen LogP contribution in [0.15, 0.2) is 162 Å². The standard InChI is InChI=1S/C49H48N6O7/c1-58-42-18-10-17-39(31-42)46-49(32-40-16-8-9-19-43(40)53-55-50,52-47(62-46)38-21-23-41(24-22-38)59-29-11-28-56)48(57)54-51-27-26-35-20-25-44(60-33-36-12-4-2-5-13-36)45(30-35)61-34-37-14-6-3-7-15-37/h2-10,12-25,30-31,46,51,56H,11,26-29,32-34H2,1H3,(H,54,57)/t46-,49-/m0/s1. The summed E-state index contributed by atoms with van der Waals surface area (Å²) < 4.78 is 30.5. The van der Waals surface area contributed by atoms with Crippen LogP contribution in [0, 0.1) is 0 Å². The zero-order valence-corrected chi connectivity index (χ0v) is 34.4. The lowest BCUT2D eigenvalue weighted by molar-refractivity contribution is -0.130. The monoisotopic (exact) mass is 832 g/mol. The van der Waals surface area contributed by atoms with Gasteiger partial charge in [-0.1, -0.05) is 108 Å². The van der Waals surface area contributed by atoms with Crippen LogP contribution in [0.25, 0.3) is 10.4 Å². The van der Waals surface area contributed by atoms with Crippen LogP contribution >= 0.6 is 0 Å². The number of hydrogen-bond acceptors (Lipinski definition) is 10. The molecule has 62 heavy (non-hydrogen) atoms. The van der Waals surface area contributed by atoms with Gasteiger partial charge in [0.15, 0.2) is 23.1 Å². The van der Waals surface area contributed by atoms with Crippen molar-refractivity contribution < 1.29 is 33.6 Å². The van der Waals surface area contributed by atoms with Crippen molar-refractivity contribution in [3.8, 4) is 23.0 Å². The quantitative estimate of drug-likeness (QED) is 0.0212. The molecule has 13 nitrogen and oxygen atoms in total. The van der Waals surface area contributed by atoms with Crippen LogP contribution in [0.4, 0.5) is 5.69 Å². The largest absolute Gasteiger partial charge is 0.497 e. The molecule has 6 aromatic carbocycles. The van der Waals surface area contributed by atoms with Crippen molar-refractivity contribution in [2.45, 2.75) is 44.1 Å². The number of aliphatic hydroxyl groups excluding tert-OH is 1. The van der Waals surface area contributed by atoms with Gasteiger partial charge in [0.2, 0.25) is 5.90 Å². The minimum absolute atomic E-state index is 0.0238. The molecular formula is C49H48N6O7. The number of benzene rings is 6. The number of ether oxygens (including phenoxy) is 5. The third kappa shape index (κ3) is 10.9. The first-order chi connectivity index (χ1) is 30.5. The summed E-state index contributed by atoms with van der Waals surface area (Å²) in [6, 6.07) is 47.4. The zero-order valence-electron chi connectivity index (χ0n) is 34.4. The maximum Gasteiger partial charge on any atom is 0.266 e. The fraction of sp³-hybridized carbons (Fsp3) is 0.224. The number of carbonyl (C=O) groups is 1. The lowest BCUT2D eigenvalue weighted by atomic mass is 9.81. The van der Waals surface area contributed by atoms with Crippen LogP contribution in [0.2, 0.25) is 0 Å². The highest BCUT2D eigenvalue weighted by molar-refractivity contribution is 6.01. The van der Waals surface area contributed by atoms with Crippen molar-refractivity contribution in [3.05, 3.63) is 195 Å². The molecule has 0 saturated carbocycles. The zero-order chi connectivity index (χ0) is 43.0. The molecule has 1 heterocycles. The van der Waals surface area contributed by atoms with E-state index in [1.54, 1.807) is 31.4 Å². The molecule has 13 heteroatoms. The molecule has 0 fully saturated rings. The number of aliphatic imine (C=N–C) groups is 1. The minimum atomic E-state index is -1.59. The Bertz CT molecular complexity index is 2480. The van der Waals surface area contributed by atoms with Gasteiger partial charge in [-0.15, -0.1) is 0 Å². The first-order valence-corrected chi connectivity index (χ1v) is 20.3. The fourth-order valence-corrected chi connectivity index (χ4v) is 7.05. The molecule has 316 valence electrons. The molecule has 6 aromatic rings. The number of aliphatic hydroxyl groups is 1. The average molecular weight is 833 g/mol. The minimum Gasteiger partial charge on any atom is -0.497 e. The Labute approximate surface area is 360 Å². The smallest absolute Gasteiger partial charge is 0.266 e. The molecule has 0 unspecified atom stereocenters. The van der Waals surface area contributed by atoms with Gasteiger partial charge in [0.05, 0.1) is 13.7 Å². The van der Waals surface area contributed by atoms with E-state index in [0.717, 1.165) is 16.7 Å². The first kappa shape index (κ1) is 42.8. The lowest BCUT2D eigenvalue weighted by Crippen LogP contribution is -2.54. The molecule has 1 aliphatic rings. The highest BCUT2D eigenvalue weighted by Crippen LogP contribution is 2.44. The number of rotatable bonds is 21. The number of amides is 1. The number of nitrogens with zero attached hydrogens (tertiary/aromatic N) is 4. The summed E-state index contributed by atoms with van der Waals surface area (Å²) in [5.41, 5.74) is 19.2. The topological polar surface area (TPSA) is 169 Å². The van der Waals surface area contributed by atoms with Crippen molar-refractivity contribution in [2.24, 2.45) is 10.1 Å². The maximum absolute atomic E-state index is 14.9. The van der Waals surface area contributed by atoms with E-state index in [1.165, 1.54) is 0 Å². The van der Waals surface area contributed by atoms with Crippen LogP contribution in [-0.4, -0.2) is 49.3 Å². The van der Waals surface area contributed by atoms with Gasteiger partial charge in [-0.3, -0.25) is 10.2 Å². The summed E-state index contributed by atoms with van der Waals surface area (Å²) in [4.78, 5) is 23.1. The van der Waals surface area contributed by atoms with E-state index >= 15 is 0 Å². The average Bonchev–Trinajstić information content (AvgIpc) is 3.71. The SMILES string of the molecule is COc1cccc([C@@H]2OC(c3ccc(OCCCO)cc3)=N[C@]2(Cc2ccccc2N=[N+]=[N-])C(=O)NNCCc2ccc(OCc3ccccc3)c(OCc3ccccc3)c2)c1. The van der Waals surface area contributed by atoms with E-state index in [0.29, 0.717) is 84.6 Å². The highest BCUT2D eigenvalue weighted by Gasteiger charge is 2.53. The molecule has 3 N–H and O–H groups in total.